The Morgan fingerprint density at radius 1 is 1.14 bits per heavy atom. The number of aromatic nitrogens is 1. The third-order valence-electron chi connectivity index (χ3n) is 4.43. The number of hydrogen-bond acceptors (Lipinski definition) is 5. The van der Waals surface area contributed by atoms with Gasteiger partial charge in [-0.2, -0.15) is 5.26 Å². The lowest BCUT2D eigenvalue weighted by atomic mass is 10.1. The van der Waals surface area contributed by atoms with Gasteiger partial charge in [-0.1, -0.05) is 42.5 Å². The standard InChI is InChI=1S/C23H17N3O2S/c1-15(16-7-3-2-4-8-16)25-22(27)17(14-24)13-18-11-12-20(28-18)23-26-19-9-5-6-10-21(19)29-23/h2-13,15H,1H3,(H,25,27)/b17-13+. The quantitative estimate of drug-likeness (QED) is 0.363. The first-order valence-electron chi connectivity index (χ1n) is 9.07. The van der Waals surface area contributed by atoms with Crippen LogP contribution in [-0.2, 0) is 4.79 Å². The molecule has 6 heteroatoms. The minimum Gasteiger partial charge on any atom is -0.454 e. The number of amides is 1. The van der Waals surface area contributed by atoms with E-state index >= 15 is 0 Å². The van der Waals surface area contributed by atoms with E-state index in [2.05, 4.69) is 10.3 Å². The van der Waals surface area contributed by atoms with E-state index in [4.69, 9.17) is 4.42 Å². The normalized spacial score (nSPS) is 12.5. The third-order valence-corrected chi connectivity index (χ3v) is 5.48. The fourth-order valence-corrected chi connectivity index (χ4v) is 3.84. The van der Waals surface area contributed by atoms with Gasteiger partial charge in [-0.05, 0) is 36.8 Å². The maximum atomic E-state index is 12.5. The molecule has 0 fully saturated rings. The van der Waals surface area contributed by atoms with Crippen LogP contribution in [0.25, 0.3) is 27.1 Å². The van der Waals surface area contributed by atoms with Crippen LogP contribution in [0.2, 0.25) is 0 Å². The first-order chi connectivity index (χ1) is 14.1. The lowest BCUT2D eigenvalue weighted by Crippen LogP contribution is -2.27. The van der Waals surface area contributed by atoms with E-state index in [0.29, 0.717) is 11.5 Å². The number of benzene rings is 2. The Morgan fingerprint density at radius 3 is 2.66 bits per heavy atom. The van der Waals surface area contributed by atoms with E-state index in [9.17, 15) is 10.1 Å². The van der Waals surface area contributed by atoms with Crippen LogP contribution in [0.5, 0.6) is 0 Å². The number of furan rings is 1. The summed E-state index contributed by atoms with van der Waals surface area (Å²) in [4.78, 5) is 17.1. The van der Waals surface area contributed by atoms with Gasteiger partial charge < -0.3 is 9.73 Å². The molecule has 2 aromatic heterocycles. The van der Waals surface area contributed by atoms with Crippen molar-refractivity contribution >= 4 is 33.5 Å². The lowest BCUT2D eigenvalue weighted by molar-refractivity contribution is -0.117. The molecule has 29 heavy (non-hydrogen) atoms. The number of carbonyl (C=O) groups is 1. The number of nitrogens with one attached hydrogen (secondary N) is 1. The van der Waals surface area contributed by atoms with Gasteiger partial charge in [0.15, 0.2) is 10.8 Å². The van der Waals surface area contributed by atoms with Gasteiger partial charge in [0.1, 0.15) is 17.4 Å². The number of nitriles is 1. The van der Waals surface area contributed by atoms with E-state index in [1.54, 1.807) is 12.1 Å². The zero-order valence-corrected chi connectivity index (χ0v) is 16.4. The predicted octanol–water partition coefficient (Wildman–Crippen LogP) is 5.34. The van der Waals surface area contributed by atoms with Gasteiger partial charge in [0.05, 0.1) is 16.3 Å². The van der Waals surface area contributed by atoms with Crippen molar-refractivity contribution < 1.29 is 9.21 Å². The molecule has 5 nitrogen and oxygen atoms in total. The maximum absolute atomic E-state index is 12.5. The summed E-state index contributed by atoms with van der Waals surface area (Å²) in [5.74, 6) is 0.591. The Morgan fingerprint density at radius 2 is 1.90 bits per heavy atom. The molecular weight excluding hydrogens is 382 g/mol. The minimum absolute atomic E-state index is 0.0158. The van der Waals surface area contributed by atoms with E-state index < -0.39 is 5.91 Å². The highest BCUT2D eigenvalue weighted by molar-refractivity contribution is 7.21. The Hall–Kier alpha value is -3.69. The molecule has 4 aromatic rings. The highest BCUT2D eigenvalue weighted by Crippen LogP contribution is 2.31. The summed E-state index contributed by atoms with van der Waals surface area (Å²) >= 11 is 1.53. The van der Waals surface area contributed by atoms with Gasteiger partial charge in [0, 0.05) is 6.08 Å². The second-order valence-electron chi connectivity index (χ2n) is 6.46. The number of para-hydroxylation sites is 1. The SMILES string of the molecule is CC(NC(=O)/C(C#N)=C/c1ccc(-c2nc3ccccc3s2)o1)c1ccccc1. The monoisotopic (exact) mass is 399 g/mol. The van der Waals surface area contributed by atoms with Crippen molar-refractivity contribution in [1.29, 1.82) is 5.26 Å². The molecule has 0 bridgehead atoms. The van der Waals surface area contributed by atoms with Crippen LogP contribution < -0.4 is 5.32 Å². The van der Waals surface area contributed by atoms with Crippen LogP contribution in [0.4, 0.5) is 0 Å². The lowest BCUT2D eigenvalue weighted by Gasteiger charge is -2.13. The molecular formula is C23H17N3O2S. The Bertz CT molecular complexity index is 1200. The summed E-state index contributed by atoms with van der Waals surface area (Å²) in [7, 11) is 0. The largest absolute Gasteiger partial charge is 0.454 e. The van der Waals surface area contributed by atoms with Crippen LogP contribution in [0, 0.1) is 11.3 Å². The van der Waals surface area contributed by atoms with Gasteiger partial charge in [-0.3, -0.25) is 4.79 Å². The number of hydrogen-bond donors (Lipinski definition) is 1. The molecule has 0 aliphatic rings. The van der Waals surface area contributed by atoms with Crippen LogP contribution in [0.3, 0.4) is 0 Å². The van der Waals surface area contributed by atoms with Crippen molar-refractivity contribution in [3.05, 3.63) is 83.6 Å². The van der Waals surface area contributed by atoms with E-state index in [-0.39, 0.29) is 11.6 Å². The second kappa shape index (κ2) is 8.13. The van der Waals surface area contributed by atoms with Crippen molar-refractivity contribution in [3.8, 4) is 16.8 Å². The molecule has 1 unspecified atom stereocenters. The average molecular weight is 399 g/mol. The molecule has 2 heterocycles. The molecule has 1 atom stereocenters. The summed E-state index contributed by atoms with van der Waals surface area (Å²) < 4.78 is 6.88. The number of fused-ring (bicyclic) bond motifs is 1. The molecule has 4 rings (SSSR count). The number of carbonyl (C=O) groups excluding carboxylic acids is 1. The fourth-order valence-electron chi connectivity index (χ4n) is 2.91. The smallest absolute Gasteiger partial charge is 0.262 e. The van der Waals surface area contributed by atoms with Crippen LogP contribution in [0.1, 0.15) is 24.3 Å². The molecule has 0 aliphatic carbocycles. The van der Waals surface area contributed by atoms with Crippen molar-refractivity contribution in [2.24, 2.45) is 0 Å². The molecule has 0 spiro atoms. The number of thiazole rings is 1. The van der Waals surface area contributed by atoms with Gasteiger partial charge >= 0.3 is 0 Å². The zero-order valence-electron chi connectivity index (χ0n) is 15.6. The van der Waals surface area contributed by atoms with Crippen molar-refractivity contribution in [1.82, 2.24) is 10.3 Å². The van der Waals surface area contributed by atoms with Gasteiger partial charge in [0.25, 0.3) is 5.91 Å². The van der Waals surface area contributed by atoms with Crippen molar-refractivity contribution in [3.63, 3.8) is 0 Å². The molecule has 2 aromatic carbocycles. The maximum Gasteiger partial charge on any atom is 0.262 e. The van der Waals surface area contributed by atoms with Gasteiger partial charge in [0.2, 0.25) is 0 Å². The Labute approximate surface area is 171 Å². The summed E-state index contributed by atoms with van der Waals surface area (Å²) in [6.07, 6.45) is 1.45. The first kappa shape index (κ1) is 18.7. The predicted molar refractivity (Wildman–Crippen MR) is 114 cm³/mol. The molecule has 1 N–H and O–H groups in total. The minimum atomic E-state index is -0.443. The second-order valence-corrected chi connectivity index (χ2v) is 7.50. The Balaban J connectivity index is 1.53. The number of nitrogens with zero attached hydrogens (tertiary/aromatic N) is 2. The first-order valence-corrected chi connectivity index (χ1v) is 9.89. The van der Waals surface area contributed by atoms with Crippen molar-refractivity contribution in [2.45, 2.75) is 13.0 Å². The number of rotatable bonds is 5. The average Bonchev–Trinajstić information content (AvgIpc) is 3.39. The topological polar surface area (TPSA) is 78.9 Å². The van der Waals surface area contributed by atoms with Crippen LogP contribution in [-0.4, -0.2) is 10.9 Å². The third kappa shape index (κ3) is 4.10. The van der Waals surface area contributed by atoms with Crippen LogP contribution in [0.15, 0.2) is 76.7 Å². The molecule has 0 radical (unpaired) electrons. The highest BCUT2D eigenvalue weighted by atomic mass is 32.1. The molecule has 1 amide bonds. The molecule has 0 aliphatic heterocycles. The van der Waals surface area contributed by atoms with E-state index in [0.717, 1.165) is 20.8 Å². The van der Waals surface area contributed by atoms with E-state index in [1.165, 1.54) is 17.4 Å². The zero-order chi connectivity index (χ0) is 20.2. The Kier molecular flexibility index (Phi) is 5.23. The fraction of sp³-hybridized carbons (Fsp3) is 0.0870. The van der Waals surface area contributed by atoms with Crippen LogP contribution >= 0.6 is 11.3 Å². The summed E-state index contributed by atoms with van der Waals surface area (Å²) in [5.41, 5.74) is 1.86. The summed E-state index contributed by atoms with van der Waals surface area (Å²) in [6.45, 7) is 1.88. The molecule has 142 valence electrons. The highest BCUT2D eigenvalue weighted by Gasteiger charge is 2.15. The summed E-state index contributed by atoms with van der Waals surface area (Å²) in [6, 6.07) is 22.7. The summed E-state index contributed by atoms with van der Waals surface area (Å²) in [5, 5.41) is 13.0. The molecule has 0 saturated carbocycles. The van der Waals surface area contributed by atoms with Gasteiger partial charge in [-0.15, -0.1) is 11.3 Å². The van der Waals surface area contributed by atoms with Gasteiger partial charge in [-0.25, -0.2) is 4.98 Å². The molecule has 0 saturated heterocycles. The van der Waals surface area contributed by atoms with E-state index in [1.807, 2.05) is 67.6 Å². The van der Waals surface area contributed by atoms with Crippen molar-refractivity contribution in [2.75, 3.05) is 0 Å².